The molecule has 0 radical (unpaired) electrons. The van der Waals surface area contributed by atoms with E-state index in [1.54, 1.807) is 0 Å². The molecule has 0 aliphatic rings. The van der Waals surface area contributed by atoms with Crippen LogP contribution >= 0.6 is 0 Å². The Morgan fingerprint density at radius 3 is 2.44 bits per heavy atom. The number of para-hydroxylation sites is 2. The van der Waals surface area contributed by atoms with Gasteiger partial charge >= 0.3 is 5.97 Å². The van der Waals surface area contributed by atoms with Crippen molar-refractivity contribution in [3.63, 3.8) is 0 Å². The predicted octanol–water partition coefficient (Wildman–Crippen LogP) is 6.61. The molecule has 0 saturated carbocycles. The average Bonchev–Trinajstić information content (AvgIpc) is 3.38. The van der Waals surface area contributed by atoms with Crippen LogP contribution in [0.1, 0.15) is 64.3 Å². The molecule has 3 aromatic heterocycles. The van der Waals surface area contributed by atoms with Gasteiger partial charge in [0.1, 0.15) is 11.2 Å². The van der Waals surface area contributed by atoms with Crippen LogP contribution in [-0.4, -0.2) is 24.9 Å². The lowest BCUT2D eigenvalue weighted by atomic mass is 10.0. The molecule has 3 heterocycles. The van der Waals surface area contributed by atoms with Crippen LogP contribution in [0, 0.1) is 0 Å². The number of benzene rings is 2. The number of rotatable bonds is 7. The zero-order valence-electron chi connectivity index (χ0n) is 20.2. The van der Waals surface area contributed by atoms with E-state index in [9.17, 15) is 4.79 Å². The fourth-order valence-corrected chi connectivity index (χ4v) is 4.48. The van der Waals surface area contributed by atoms with Crippen LogP contribution < -0.4 is 4.74 Å². The first-order valence-electron chi connectivity index (χ1n) is 12.1. The third-order valence-corrected chi connectivity index (χ3v) is 6.21. The molecule has 5 rings (SSSR count). The molecular weight excluding hydrogens is 424 g/mol. The number of ether oxygens (including phenoxy) is 1. The van der Waals surface area contributed by atoms with Gasteiger partial charge in [0.05, 0.1) is 17.2 Å². The fourth-order valence-electron chi connectivity index (χ4n) is 4.48. The minimum absolute atomic E-state index is 0.247. The number of hydrogen-bond acceptors (Lipinski definition) is 4. The maximum atomic E-state index is 12.5. The number of hydrogen-bond donors (Lipinski definition) is 0. The lowest BCUT2D eigenvalue weighted by Gasteiger charge is -2.10. The molecule has 0 N–H and O–H groups in total. The Kier molecular flexibility index (Phi) is 5.82. The molecule has 0 unspecified atom stereocenters. The normalized spacial score (nSPS) is 11.8. The second-order valence-electron chi connectivity index (χ2n) is 9.07. The summed E-state index contributed by atoms with van der Waals surface area (Å²) in [6.45, 7) is 8.49. The number of aromatic nitrogens is 4. The summed E-state index contributed by atoms with van der Waals surface area (Å²) in [5.74, 6) is 1.65. The van der Waals surface area contributed by atoms with Crippen LogP contribution in [0.4, 0.5) is 0 Å². The molecule has 6 nitrogen and oxygen atoms in total. The van der Waals surface area contributed by atoms with Gasteiger partial charge in [-0.05, 0) is 48.6 Å². The highest BCUT2D eigenvalue weighted by Gasteiger charge is 2.23. The van der Waals surface area contributed by atoms with E-state index in [2.05, 4.69) is 55.5 Å². The zero-order chi connectivity index (χ0) is 23.8. The SMILES string of the molecule is CCCC(=O)Oc1cn(-c2ccc(C(C)C)cc2)c2nc(CCC)n3c4ccccc4nc3c12. The summed E-state index contributed by atoms with van der Waals surface area (Å²) >= 11 is 0. The molecule has 174 valence electrons. The fraction of sp³-hybridized carbons (Fsp3) is 0.321. The van der Waals surface area contributed by atoms with Crippen LogP contribution in [0.25, 0.3) is 33.4 Å². The van der Waals surface area contributed by atoms with Crippen molar-refractivity contribution in [2.75, 3.05) is 0 Å². The maximum absolute atomic E-state index is 12.5. The highest BCUT2D eigenvalue weighted by molar-refractivity contribution is 6.01. The molecular formula is C28H30N4O2. The van der Waals surface area contributed by atoms with Crippen LogP contribution in [0.5, 0.6) is 5.75 Å². The van der Waals surface area contributed by atoms with E-state index in [0.717, 1.165) is 58.5 Å². The van der Waals surface area contributed by atoms with Crippen LogP contribution in [-0.2, 0) is 11.2 Å². The van der Waals surface area contributed by atoms with Crippen molar-refractivity contribution in [1.29, 1.82) is 0 Å². The largest absolute Gasteiger partial charge is 0.424 e. The molecule has 2 aromatic carbocycles. The van der Waals surface area contributed by atoms with Gasteiger partial charge in [0.2, 0.25) is 0 Å². The summed E-state index contributed by atoms with van der Waals surface area (Å²) in [7, 11) is 0. The minimum atomic E-state index is -0.247. The van der Waals surface area contributed by atoms with Crippen LogP contribution in [0.3, 0.4) is 0 Å². The van der Waals surface area contributed by atoms with Gasteiger partial charge in [-0.1, -0.05) is 52.0 Å². The number of carbonyl (C=O) groups excluding carboxylic acids is 1. The number of fused-ring (bicyclic) bond motifs is 5. The van der Waals surface area contributed by atoms with Crippen molar-refractivity contribution in [1.82, 2.24) is 18.9 Å². The monoisotopic (exact) mass is 454 g/mol. The summed E-state index contributed by atoms with van der Waals surface area (Å²) in [4.78, 5) is 22.6. The molecule has 5 aromatic rings. The number of imidazole rings is 1. The van der Waals surface area contributed by atoms with E-state index in [4.69, 9.17) is 14.7 Å². The number of aryl methyl sites for hydroxylation is 1. The second-order valence-corrected chi connectivity index (χ2v) is 9.07. The Labute approximate surface area is 199 Å². The van der Waals surface area contributed by atoms with E-state index in [0.29, 0.717) is 18.1 Å². The molecule has 34 heavy (non-hydrogen) atoms. The first kappa shape index (κ1) is 22.1. The Bertz CT molecular complexity index is 1490. The van der Waals surface area contributed by atoms with Gasteiger partial charge in [-0.2, -0.15) is 0 Å². The Morgan fingerprint density at radius 2 is 1.74 bits per heavy atom. The van der Waals surface area contributed by atoms with Crippen molar-refractivity contribution in [2.45, 2.75) is 59.3 Å². The summed E-state index contributed by atoms with van der Waals surface area (Å²) in [5, 5.41) is 0.758. The topological polar surface area (TPSA) is 61.4 Å². The Morgan fingerprint density at radius 1 is 0.971 bits per heavy atom. The van der Waals surface area contributed by atoms with E-state index in [1.807, 2.05) is 35.9 Å². The zero-order valence-corrected chi connectivity index (χ0v) is 20.2. The molecule has 0 aliphatic carbocycles. The summed E-state index contributed by atoms with van der Waals surface area (Å²) < 4.78 is 10.0. The first-order valence-corrected chi connectivity index (χ1v) is 12.1. The van der Waals surface area contributed by atoms with E-state index < -0.39 is 0 Å². The quantitative estimate of drug-likeness (QED) is 0.260. The number of esters is 1. The third-order valence-electron chi connectivity index (χ3n) is 6.21. The molecule has 0 bridgehead atoms. The van der Waals surface area contributed by atoms with E-state index in [-0.39, 0.29) is 5.97 Å². The first-order chi connectivity index (χ1) is 16.5. The van der Waals surface area contributed by atoms with Crippen molar-refractivity contribution in [3.8, 4) is 11.4 Å². The highest BCUT2D eigenvalue weighted by Crippen LogP contribution is 2.35. The minimum Gasteiger partial charge on any atom is -0.424 e. The molecule has 0 amide bonds. The maximum Gasteiger partial charge on any atom is 0.311 e. The summed E-state index contributed by atoms with van der Waals surface area (Å²) in [6, 6.07) is 16.6. The van der Waals surface area contributed by atoms with Crippen molar-refractivity contribution in [2.24, 2.45) is 0 Å². The van der Waals surface area contributed by atoms with Gasteiger partial charge in [-0.3, -0.25) is 13.8 Å². The van der Waals surface area contributed by atoms with Gasteiger partial charge in [0, 0.05) is 18.5 Å². The van der Waals surface area contributed by atoms with Crippen LogP contribution in [0.2, 0.25) is 0 Å². The van der Waals surface area contributed by atoms with Crippen molar-refractivity contribution >= 4 is 33.7 Å². The Balaban J connectivity index is 1.83. The molecule has 0 spiro atoms. The van der Waals surface area contributed by atoms with Gasteiger partial charge in [-0.15, -0.1) is 0 Å². The smallest absolute Gasteiger partial charge is 0.311 e. The van der Waals surface area contributed by atoms with Gasteiger partial charge < -0.3 is 4.74 Å². The lowest BCUT2D eigenvalue weighted by Crippen LogP contribution is -2.07. The molecule has 0 aliphatic heterocycles. The second kappa shape index (κ2) is 8.93. The highest BCUT2D eigenvalue weighted by atomic mass is 16.5. The molecule has 0 saturated heterocycles. The van der Waals surface area contributed by atoms with Crippen molar-refractivity contribution < 1.29 is 9.53 Å². The number of carbonyl (C=O) groups is 1. The van der Waals surface area contributed by atoms with E-state index >= 15 is 0 Å². The summed E-state index contributed by atoms with van der Waals surface area (Å²) in [6.07, 6.45) is 4.75. The molecule has 6 heteroatoms. The molecule has 0 fully saturated rings. The predicted molar refractivity (Wildman–Crippen MR) is 136 cm³/mol. The van der Waals surface area contributed by atoms with Gasteiger partial charge in [-0.25, -0.2) is 9.97 Å². The lowest BCUT2D eigenvalue weighted by molar-refractivity contribution is -0.134. The standard InChI is InChI=1S/C28H30N4O2/c1-5-9-24-30-27-26(28-29-21-11-7-8-12-22(21)32(24)28)23(34-25(33)10-6-2)17-31(27)20-15-13-19(14-16-20)18(3)4/h7-8,11-18H,5-6,9-10H2,1-4H3. The van der Waals surface area contributed by atoms with Crippen molar-refractivity contribution in [3.05, 3.63) is 66.1 Å². The average molecular weight is 455 g/mol. The van der Waals surface area contributed by atoms with E-state index in [1.165, 1.54) is 5.56 Å². The van der Waals surface area contributed by atoms with Crippen LogP contribution in [0.15, 0.2) is 54.7 Å². The van der Waals surface area contributed by atoms with Gasteiger partial charge in [0.15, 0.2) is 17.0 Å². The number of nitrogens with zero attached hydrogens (tertiary/aromatic N) is 4. The molecule has 0 atom stereocenters. The Hall–Kier alpha value is -3.67. The third kappa shape index (κ3) is 3.73. The van der Waals surface area contributed by atoms with Gasteiger partial charge in [0.25, 0.3) is 0 Å². The summed E-state index contributed by atoms with van der Waals surface area (Å²) in [5.41, 5.74) is 5.68.